The molecule has 1 aliphatic rings. The summed E-state index contributed by atoms with van der Waals surface area (Å²) in [5.41, 5.74) is 6.75. The molecule has 84 valence electrons. The third-order valence-corrected chi connectivity index (χ3v) is 2.73. The van der Waals surface area contributed by atoms with Gasteiger partial charge in [-0.1, -0.05) is 12.1 Å². The van der Waals surface area contributed by atoms with Crippen molar-refractivity contribution in [3.8, 4) is 0 Å². The molecule has 0 aliphatic carbocycles. The van der Waals surface area contributed by atoms with Crippen molar-refractivity contribution in [1.82, 2.24) is 9.97 Å². The number of nitrogens with zero attached hydrogens (tertiary/aromatic N) is 3. The molecule has 1 saturated heterocycles. The number of hydrogen-bond acceptors (Lipinski definition) is 4. The molecule has 2 N–H and O–H groups in total. The van der Waals surface area contributed by atoms with Crippen LogP contribution in [0, 0.1) is 0 Å². The molecule has 1 aromatic heterocycles. The Bertz CT molecular complexity index is 491. The number of hydrogen-bond donors (Lipinski definition) is 1. The minimum absolute atomic E-state index is 0. The minimum Gasteiger partial charge on any atom is -0.353 e. The van der Waals surface area contributed by atoms with Gasteiger partial charge in [0, 0.05) is 24.5 Å². The van der Waals surface area contributed by atoms with Gasteiger partial charge in [0.05, 0.1) is 5.52 Å². The van der Waals surface area contributed by atoms with Gasteiger partial charge in [0.1, 0.15) is 12.1 Å². The highest BCUT2D eigenvalue weighted by molar-refractivity contribution is 5.89. The highest BCUT2D eigenvalue weighted by atomic mass is 35.5. The lowest BCUT2D eigenvalue weighted by Crippen LogP contribution is -2.56. The van der Waals surface area contributed by atoms with Crippen LogP contribution in [0.4, 0.5) is 5.82 Å². The molecule has 1 aliphatic heterocycles. The Morgan fingerprint density at radius 3 is 2.69 bits per heavy atom. The van der Waals surface area contributed by atoms with Gasteiger partial charge in [-0.15, -0.1) is 12.4 Å². The summed E-state index contributed by atoms with van der Waals surface area (Å²) in [6, 6.07) is 8.34. The second-order valence-corrected chi connectivity index (χ2v) is 3.88. The van der Waals surface area contributed by atoms with Gasteiger partial charge < -0.3 is 10.6 Å². The largest absolute Gasteiger partial charge is 0.353 e. The maximum atomic E-state index is 5.77. The highest BCUT2D eigenvalue weighted by Crippen LogP contribution is 2.25. The molecule has 16 heavy (non-hydrogen) atoms. The van der Waals surface area contributed by atoms with Crippen molar-refractivity contribution >= 4 is 29.1 Å². The molecule has 1 aromatic carbocycles. The topological polar surface area (TPSA) is 55.0 Å². The van der Waals surface area contributed by atoms with Gasteiger partial charge in [-0.2, -0.15) is 0 Å². The first-order valence-corrected chi connectivity index (χ1v) is 5.05. The van der Waals surface area contributed by atoms with E-state index in [4.69, 9.17) is 5.73 Å². The molecule has 0 bridgehead atoms. The first-order chi connectivity index (χ1) is 7.34. The smallest absolute Gasteiger partial charge is 0.139 e. The predicted molar refractivity (Wildman–Crippen MR) is 67.0 cm³/mol. The van der Waals surface area contributed by atoms with Crippen LogP contribution in [0.25, 0.3) is 10.9 Å². The third kappa shape index (κ3) is 1.70. The zero-order valence-corrected chi connectivity index (χ0v) is 9.52. The summed E-state index contributed by atoms with van der Waals surface area (Å²) in [4.78, 5) is 10.7. The lowest BCUT2D eigenvalue weighted by Gasteiger charge is -2.38. The molecular formula is C11H13ClN4. The lowest BCUT2D eigenvalue weighted by atomic mass is 10.1. The molecule has 0 unspecified atom stereocenters. The lowest BCUT2D eigenvalue weighted by molar-refractivity contribution is 0.516. The zero-order valence-electron chi connectivity index (χ0n) is 8.71. The third-order valence-electron chi connectivity index (χ3n) is 2.73. The van der Waals surface area contributed by atoms with Crippen LogP contribution in [0.15, 0.2) is 30.6 Å². The molecule has 2 aromatic rings. The van der Waals surface area contributed by atoms with Crippen molar-refractivity contribution in [2.24, 2.45) is 5.73 Å². The standard InChI is InChI=1S/C11H12N4.ClH/c12-8-5-15(6-8)11-9-3-1-2-4-10(9)13-7-14-11;/h1-4,7-8H,5-6,12H2;1H. The molecule has 3 rings (SSSR count). The summed E-state index contributed by atoms with van der Waals surface area (Å²) < 4.78 is 0. The summed E-state index contributed by atoms with van der Waals surface area (Å²) in [6.45, 7) is 1.78. The van der Waals surface area contributed by atoms with Crippen LogP contribution < -0.4 is 10.6 Å². The van der Waals surface area contributed by atoms with Gasteiger partial charge in [-0.05, 0) is 12.1 Å². The molecule has 4 nitrogen and oxygen atoms in total. The van der Waals surface area contributed by atoms with Crippen LogP contribution in [0.2, 0.25) is 0 Å². The van der Waals surface area contributed by atoms with E-state index in [1.54, 1.807) is 6.33 Å². The first kappa shape index (κ1) is 11.1. The van der Waals surface area contributed by atoms with E-state index in [1.165, 1.54) is 0 Å². The van der Waals surface area contributed by atoms with Gasteiger partial charge in [0.15, 0.2) is 0 Å². The second kappa shape index (κ2) is 4.23. The molecule has 0 atom stereocenters. The molecule has 0 amide bonds. The summed E-state index contributed by atoms with van der Waals surface area (Å²) in [5, 5.41) is 1.10. The van der Waals surface area contributed by atoms with Gasteiger partial charge in [-0.25, -0.2) is 9.97 Å². The number of benzene rings is 1. The number of rotatable bonds is 1. The van der Waals surface area contributed by atoms with Gasteiger partial charge in [0.25, 0.3) is 0 Å². The maximum absolute atomic E-state index is 5.77. The fraction of sp³-hybridized carbons (Fsp3) is 0.273. The Hall–Kier alpha value is -1.39. The van der Waals surface area contributed by atoms with E-state index in [-0.39, 0.29) is 12.4 Å². The molecule has 2 heterocycles. The fourth-order valence-electron chi connectivity index (χ4n) is 1.93. The maximum Gasteiger partial charge on any atom is 0.139 e. The Kier molecular flexibility index (Phi) is 2.94. The van der Waals surface area contributed by atoms with E-state index < -0.39 is 0 Å². The Morgan fingerprint density at radius 2 is 1.94 bits per heavy atom. The quantitative estimate of drug-likeness (QED) is 0.809. The second-order valence-electron chi connectivity index (χ2n) is 3.88. The zero-order chi connectivity index (χ0) is 10.3. The van der Waals surface area contributed by atoms with E-state index in [0.29, 0.717) is 6.04 Å². The first-order valence-electron chi connectivity index (χ1n) is 5.05. The van der Waals surface area contributed by atoms with E-state index in [0.717, 1.165) is 29.8 Å². The summed E-state index contributed by atoms with van der Waals surface area (Å²) in [6.07, 6.45) is 1.61. The number of nitrogens with two attached hydrogens (primary N) is 1. The molecule has 5 heteroatoms. The number of aromatic nitrogens is 2. The Morgan fingerprint density at radius 1 is 1.19 bits per heavy atom. The number of anilines is 1. The molecular weight excluding hydrogens is 224 g/mol. The number of halogens is 1. The van der Waals surface area contributed by atoms with E-state index >= 15 is 0 Å². The van der Waals surface area contributed by atoms with Gasteiger partial charge in [0.2, 0.25) is 0 Å². The van der Waals surface area contributed by atoms with Crippen LogP contribution in [-0.2, 0) is 0 Å². The summed E-state index contributed by atoms with van der Waals surface area (Å²) in [7, 11) is 0. The van der Waals surface area contributed by atoms with Crippen LogP contribution in [0.3, 0.4) is 0 Å². The van der Waals surface area contributed by atoms with Crippen LogP contribution in [0.1, 0.15) is 0 Å². The van der Waals surface area contributed by atoms with Crippen LogP contribution in [0.5, 0.6) is 0 Å². The Balaban J connectivity index is 0.000000963. The van der Waals surface area contributed by atoms with Crippen molar-refractivity contribution in [3.63, 3.8) is 0 Å². The Labute approximate surface area is 99.9 Å². The SMILES string of the molecule is Cl.NC1CN(c2ncnc3ccccc23)C1. The minimum atomic E-state index is 0. The van der Waals surface area contributed by atoms with E-state index in [1.807, 2.05) is 18.2 Å². The van der Waals surface area contributed by atoms with Crippen LogP contribution in [-0.4, -0.2) is 29.1 Å². The molecule has 0 saturated carbocycles. The normalized spacial score (nSPS) is 15.7. The van der Waals surface area contributed by atoms with Crippen molar-refractivity contribution in [3.05, 3.63) is 30.6 Å². The molecule has 1 fully saturated rings. The van der Waals surface area contributed by atoms with Gasteiger partial charge in [-0.3, -0.25) is 0 Å². The van der Waals surface area contributed by atoms with Gasteiger partial charge >= 0.3 is 0 Å². The monoisotopic (exact) mass is 236 g/mol. The number of para-hydroxylation sites is 1. The predicted octanol–water partition coefficient (Wildman–Crippen LogP) is 1.20. The molecule has 0 spiro atoms. The van der Waals surface area contributed by atoms with Crippen molar-refractivity contribution in [2.75, 3.05) is 18.0 Å². The fourth-order valence-corrected chi connectivity index (χ4v) is 1.93. The van der Waals surface area contributed by atoms with Crippen molar-refractivity contribution in [2.45, 2.75) is 6.04 Å². The average molecular weight is 237 g/mol. The van der Waals surface area contributed by atoms with E-state index in [2.05, 4.69) is 20.9 Å². The van der Waals surface area contributed by atoms with Crippen molar-refractivity contribution < 1.29 is 0 Å². The van der Waals surface area contributed by atoms with E-state index in [9.17, 15) is 0 Å². The highest BCUT2D eigenvalue weighted by Gasteiger charge is 2.25. The summed E-state index contributed by atoms with van der Waals surface area (Å²) in [5.74, 6) is 1.00. The summed E-state index contributed by atoms with van der Waals surface area (Å²) >= 11 is 0. The van der Waals surface area contributed by atoms with Crippen LogP contribution >= 0.6 is 12.4 Å². The molecule has 0 radical (unpaired) electrons. The van der Waals surface area contributed by atoms with Crippen molar-refractivity contribution in [1.29, 1.82) is 0 Å². The number of fused-ring (bicyclic) bond motifs is 1. The average Bonchev–Trinajstić information content (AvgIpc) is 2.24.